The summed E-state index contributed by atoms with van der Waals surface area (Å²) in [6.45, 7) is 4.76. The van der Waals surface area contributed by atoms with E-state index in [0.717, 1.165) is 11.3 Å². The Kier molecular flexibility index (Phi) is 5.55. The van der Waals surface area contributed by atoms with Gasteiger partial charge in [0.1, 0.15) is 5.75 Å². The first-order valence-corrected chi connectivity index (χ1v) is 9.90. The summed E-state index contributed by atoms with van der Waals surface area (Å²) in [6.07, 6.45) is 6.36. The molecule has 0 amide bonds. The third-order valence-electron chi connectivity index (χ3n) is 4.08. The van der Waals surface area contributed by atoms with Crippen LogP contribution in [0.15, 0.2) is 23.1 Å². The second kappa shape index (κ2) is 7.01. The Morgan fingerprint density at radius 1 is 1.24 bits per heavy atom. The minimum Gasteiger partial charge on any atom is -0.493 e. The lowest BCUT2D eigenvalue weighted by atomic mass is 9.90. The Bertz CT molecular complexity index is 575. The monoisotopic (exact) mass is 330 g/mol. The van der Waals surface area contributed by atoms with E-state index < -0.39 is 9.05 Å². The minimum atomic E-state index is -3.69. The van der Waals surface area contributed by atoms with Gasteiger partial charge in [-0.1, -0.05) is 33.1 Å². The highest BCUT2D eigenvalue weighted by atomic mass is 35.7. The average molecular weight is 331 g/mol. The number of hydrogen-bond donors (Lipinski definition) is 0. The van der Waals surface area contributed by atoms with Crippen LogP contribution in [0.5, 0.6) is 5.75 Å². The van der Waals surface area contributed by atoms with Gasteiger partial charge in [-0.05, 0) is 48.4 Å². The zero-order valence-corrected chi connectivity index (χ0v) is 14.2. The first kappa shape index (κ1) is 16.6. The van der Waals surface area contributed by atoms with Gasteiger partial charge in [-0.2, -0.15) is 0 Å². The zero-order chi connectivity index (χ0) is 15.5. The van der Waals surface area contributed by atoms with Crippen molar-refractivity contribution in [1.29, 1.82) is 0 Å². The number of hydrogen-bond acceptors (Lipinski definition) is 3. The largest absolute Gasteiger partial charge is 0.493 e. The summed E-state index contributed by atoms with van der Waals surface area (Å²) < 4.78 is 28.9. The third-order valence-corrected chi connectivity index (χ3v) is 5.44. The molecule has 0 saturated heterocycles. The van der Waals surface area contributed by atoms with E-state index in [0.29, 0.717) is 12.5 Å². The summed E-state index contributed by atoms with van der Waals surface area (Å²) in [5.41, 5.74) is 0.896. The van der Waals surface area contributed by atoms with Crippen LogP contribution < -0.4 is 4.74 Å². The van der Waals surface area contributed by atoms with Crippen molar-refractivity contribution >= 4 is 19.7 Å². The molecule has 0 aliphatic heterocycles. The van der Waals surface area contributed by atoms with Crippen LogP contribution in [-0.4, -0.2) is 15.0 Å². The van der Waals surface area contributed by atoms with Crippen LogP contribution in [0.25, 0.3) is 0 Å². The van der Waals surface area contributed by atoms with E-state index in [1.165, 1.54) is 38.2 Å². The second-order valence-corrected chi connectivity index (χ2v) is 8.67. The molecule has 5 heteroatoms. The highest BCUT2D eigenvalue weighted by Crippen LogP contribution is 2.32. The molecule has 1 saturated carbocycles. The lowest BCUT2D eigenvalue weighted by Gasteiger charge is -2.23. The van der Waals surface area contributed by atoms with Crippen molar-refractivity contribution < 1.29 is 13.2 Å². The van der Waals surface area contributed by atoms with Crippen molar-refractivity contribution in [2.45, 2.75) is 56.8 Å². The zero-order valence-electron chi connectivity index (χ0n) is 12.6. The summed E-state index contributed by atoms with van der Waals surface area (Å²) in [6, 6.07) is 4.88. The highest BCUT2D eigenvalue weighted by molar-refractivity contribution is 8.13. The van der Waals surface area contributed by atoms with Gasteiger partial charge in [-0.3, -0.25) is 0 Å². The van der Waals surface area contributed by atoms with Crippen LogP contribution in [0.2, 0.25) is 0 Å². The van der Waals surface area contributed by atoms with Crippen LogP contribution in [0.3, 0.4) is 0 Å². The van der Waals surface area contributed by atoms with Gasteiger partial charge >= 0.3 is 0 Å². The fourth-order valence-corrected chi connectivity index (χ4v) is 3.61. The predicted molar refractivity (Wildman–Crippen MR) is 85.6 cm³/mol. The fraction of sp³-hybridized carbons (Fsp3) is 0.625. The lowest BCUT2D eigenvalue weighted by Crippen LogP contribution is -2.16. The van der Waals surface area contributed by atoms with Crippen molar-refractivity contribution in [3.05, 3.63) is 23.8 Å². The Balaban J connectivity index is 2.14. The first-order chi connectivity index (χ1) is 9.88. The molecule has 1 aromatic carbocycles. The van der Waals surface area contributed by atoms with Crippen molar-refractivity contribution in [1.82, 2.24) is 0 Å². The number of benzene rings is 1. The predicted octanol–water partition coefficient (Wildman–Crippen LogP) is 4.70. The molecular formula is C16H23ClO3S. The van der Waals surface area contributed by atoms with Crippen LogP contribution in [0.1, 0.15) is 57.4 Å². The molecule has 21 heavy (non-hydrogen) atoms. The van der Waals surface area contributed by atoms with Gasteiger partial charge in [0.25, 0.3) is 9.05 Å². The summed E-state index contributed by atoms with van der Waals surface area (Å²) in [5, 5.41) is 0. The van der Waals surface area contributed by atoms with Crippen LogP contribution >= 0.6 is 10.7 Å². The third kappa shape index (κ3) is 4.62. The Morgan fingerprint density at radius 3 is 2.48 bits per heavy atom. The van der Waals surface area contributed by atoms with Gasteiger partial charge in [-0.15, -0.1) is 0 Å². The Labute approximate surface area is 132 Å². The molecular weight excluding hydrogens is 308 g/mol. The number of ether oxygens (including phenoxy) is 1. The van der Waals surface area contributed by atoms with E-state index in [9.17, 15) is 8.42 Å². The summed E-state index contributed by atoms with van der Waals surface area (Å²) in [5.74, 6) is 1.58. The fourth-order valence-electron chi connectivity index (χ4n) is 2.82. The Hall–Kier alpha value is -0.740. The van der Waals surface area contributed by atoms with Gasteiger partial charge in [0.05, 0.1) is 11.5 Å². The Morgan fingerprint density at radius 2 is 1.90 bits per heavy atom. The molecule has 0 atom stereocenters. The standard InChI is InChI=1S/C16H23ClO3S/c1-12(2)15-10-14(21(17,18)19)8-9-16(15)20-11-13-6-4-3-5-7-13/h8-10,12-13H,3-7,11H2,1-2H3. The molecule has 1 aliphatic carbocycles. The first-order valence-electron chi connectivity index (χ1n) is 7.59. The summed E-state index contributed by atoms with van der Waals surface area (Å²) in [7, 11) is 1.72. The smallest absolute Gasteiger partial charge is 0.261 e. The average Bonchev–Trinajstić information content (AvgIpc) is 2.45. The second-order valence-electron chi connectivity index (χ2n) is 6.11. The van der Waals surface area contributed by atoms with Gasteiger partial charge in [0.2, 0.25) is 0 Å². The molecule has 0 aromatic heterocycles. The van der Waals surface area contributed by atoms with Gasteiger partial charge in [-0.25, -0.2) is 8.42 Å². The molecule has 0 N–H and O–H groups in total. The maximum Gasteiger partial charge on any atom is 0.261 e. The number of halogens is 1. The van der Waals surface area contributed by atoms with Gasteiger partial charge in [0.15, 0.2) is 0 Å². The molecule has 0 radical (unpaired) electrons. The molecule has 2 rings (SSSR count). The molecule has 0 bridgehead atoms. The van der Waals surface area contributed by atoms with Crippen LogP contribution in [0, 0.1) is 5.92 Å². The molecule has 1 aromatic rings. The summed E-state index contributed by atoms with van der Waals surface area (Å²) >= 11 is 0. The van der Waals surface area contributed by atoms with Gasteiger partial charge < -0.3 is 4.74 Å². The summed E-state index contributed by atoms with van der Waals surface area (Å²) in [4.78, 5) is 0.137. The van der Waals surface area contributed by atoms with E-state index in [1.54, 1.807) is 12.1 Å². The number of rotatable bonds is 5. The maximum atomic E-state index is 11.4. The normalized spacial score (nSPS) is 17.1. The highest BCUT2D eigenvalue weighted by Gasteiger charge is 2.18. The molecule has 0 spiro atoms. The minimum absolute atomic E-state index is 0.137. The van der Waals surface area contributed by atoms with E-state index in [2.05, 4.69) is 0 Å². The van der Waals surface area contributed by atoms with Crippen molar-refractivity contribution in [3.8, 4) is 5.75 Å². The topological polar surface area (TPSA) is 43.4 Å². The molecule has 118 valence electrons. The quantitative estimate of drug-likeness (QED) is 0.735. The van der Waals surface area contributed by atoms with E-state index in [4.69, 9.17) is 15.4 Å². The SMILES string of the molecule is CC(C)c1cc(S(=O)(=O)Cl)ccc1OCC1CCCCC1. The molecule has 1 fully saturated rings. The molecule has 0 heterocycles. The van der Waals surface area contributed by atoms with Crippen molar-refractivity contribution in [2.24, 2.45) is 5.92 Å². The van der Waals surface area contributed by atoms with E-state index in [1.807, 2.05) is 13.8 Å². The maximum absolute atomic E-state index is 11.4. The molecule has 0 unspecified atom stereocenters. The van der Waals surface area contributed by atoms with Crippen LogP contribution in [-0.2, 0) is 9.05 Å². The molecule has 1 aliphatic rings. The van der Waals surface area contributed by atoms with Crippen molar-refractivity contribution in [3.63, 3.8) is 0 Å². The van der Waals surface area contributed by atoms with Gasteiger partial charge in [0, 0.05) is 10.7 Å². The molecule has 3 nitrogen and oxygen atoms in total. The van der Waals surface area contributed by atoms with E-state index in [-0.39, 0.29) is 10.8 Å². The lowest BCUT2D eigenvalue weighted by molar-refractivity contribution is 0.207. The van der Waals surface area contributed by atoms with E-state index >= 15 is 0 Å². The van der Waals surface area contributed by atoms with Crippen molar-refractivity contribution in [2.75, 3.05) is 6.61 Å². The van der Waals surface area contributed by atoms with Crippen LogP contribution in [0.4, 0.5) is 0 Å².